The number of benzene rings is 2. The molecule has 1 aliphatic heterocycles. The minimum atomic E-state index is -0.0562. The zero-order valence-corrected chi connectivity index (χ0v) is 19.3. The van der Waals surface area contributed by atoms with Gasteiger partial charge in [-0.2, -0.15) is 0 Å². The molecule has 1 heterocycles. The molecule has 156 valence electrons. The predicted molar refractivity (Wildman–Crippen MR) is 130 cm³/mol. The SMILES string of the molecule is CCNC(=NCC(=O)NCc1ccccc1)N1CCC(Cc2ccccc2)C1.I. The Labute approximate surface area is 191 Å². The first-order valence-electron chi connectivity index (χ1n) is 10.1. The molecule has 1 saturated heterocycles. The van der Waals surface area contributed by atoms with E-state index in [0.717, 1.165) is 44.0 Å². The second kappa shape index (κ2) is 12.5. The number of amides is 1. The molecule has 1 fully saturated rings. The molecule has 0 saturated carbocycles. The second-order valence-electron chi connectivity index (χ2n) is 7.22. The lowest BCUT2D eigenvalue weighted by molar-refractivity contribution is -0.119. The van der Waals surface area contributed by atoms with Crippen LogP contribution < -0.4 is 10.6 Å². The standard InChI is InChI=1S/C23H30N4O.HI/c1-2-24-23(26-17-22(28)25-16-20-11-7-4-8-12-20)27-14-13-21(18-27)15-19-9-5-3-6-10-19;/h3-12,21H,2,13-18H2,1H3,(H,24,26)(H,25,28);1H. The van der Waals surface area contributed by atoms with Crippen LogP contribution >= 0.6 is 24.0 Å². The molecule has 2 aromatic carbocycles. The topological polar surface area (TPSA) is 56.7 Å². The van der Waals surface area contributed by atoms with Crippen LogP contribution in [0.1, 0.15) is 24.5 Å². The van der Waals surface area contributed by atoms with Crippen LogP contribution in [0.5, 0.6) is 0 Å². The molecule has 0 spiro atoms. The number of hydrogen-bond donors (Lipinski definition) is 2. The van der Waals surface area contributed by atoms with E-state index in [4.69, 9.17) is 0 Å². The fourth-order valence-electron chi connectivity index (χ4n) is 3.56. The summed E-state index contributed by atoms with van der Waals surface area (Å²) >= 11 is 0. The first-order valence-corrected chi connectivity index (χ1v) is 10.1. The van der Waals surface area contributed by atoms with Gasteiger partial charge in [0, 0.05) is 26.2 Å². The maximum absolute atomic E-state index is 12.2. The number of hydrogen-bond acceptors (Lipinski definition) is 2. The quantitative estimate of drug-likeness (QED) is 0.344. The third-order valence-corrected chi connectivity index (χ3v) is 4.99. The number of rotatable bonds is 7. The van der Waals surface area contributed by atoms with Gasteiger partial charge in [-0.25, -0.2) is 4.99 Å². The first-order chi connectivity index (χ1) is 13.7. The lowest BCUT2D eigenvalue weighted by Crippen LogP contribution is -2.41. The number of aliphatic imine (C=N–C) groups is 1. The van der Waals surface area contributed by atoms with Crippen molar-refractivity contribution in [3.8, 4) is 0 Å². The van der Waals surface area contributed by atoms with Gasteiger partial charge in [0.2, 0.25) is 5.91 Å². The fourth-order valence-corrected chi connectivity index (χ4v) is 3.56. The van der Waals surface area contributed by atoms with E-state index in [2.05, 4.69) is 57.8 Å². The minimum absolute atomic E-state index is 0. The van der Waals surface area contributed by atoms with Crippen molar-refractivity contribution in [3.05, 3.63) is 71.8 Å². The maximum atomic E-state index is 12.2. The molecule has 6 heteroatoms. The van der Waals surface area contributed by atoms with E-state index >= 15 is 0 Å². The Morgan fingerprint density at radius 2 is 1.69 bits per heavy atom. The van der Waals surface area contributed by atoms with E-state index in [9.17, 15) is 4.79 Å². The molecule has 0 aromatic heterocycles. The minimum Gasteiger partial charge on any atom is -0.357 e. The van der Waals surface area contributed by atoms with Crippen molar-refractivity contribution < 1.29 is 4.79 Å². The van der Waals surface area contributed by atoms with Crippen molar-refractivity contribution in [2.45, 2.75) is 26.3 Å². The van der Waals surface area contributed by atoms with Crippen molar-refractivity contribution in [3.63, 3.8) is 0 Å². The number of halogens is 1. The summed E-state index contributed by atoms with van der Waals surface area (Å²) in [6.07, 6.45) is 2.24. The van der Waals surface area contributed by atoms with Gasteiger partial charge in [-0.1, -0.05) is 60.7 Å². The molecule has 2 aromatic rings. The summed E-state index contributed by atoms with van der Waals surface area (Å²) in [6, 6.07) is 20.6. The number of carbonyl (C=O) groups is 1. The Hall–Kier alpha value is -2.09. The number of likely N-dealkylation sites (tertiary alicyclic amines) is 1. The monoisotopic (exact) mass is 506 g/mol. The molecule has 0 bridgehead atoms. The van der Waals surface area contributed by atoms with Crippen molar-refractivity contribution >= 4 is 35.8 Å². The van der Waals surface area contributed by atoms with Crippen LogP contribution in [-0.4, -0.2) is 42.9 Å². The van der Waals surface area contributed by atoms with Gasteiger partial charge in [-0.05, 0) is 36.8 Å². The van der Waals surface area contributed by atoms with Crippen molar-refractivity contribution in [2.75, 3.05) is 26.2 Å². The van der Waals surface area contributed by atoms with Gasteiger partial charge < -0.3 is 15.5 Å². The van der Waals surface area contributed by atoms with Gasteiger partial charge in [0.05, 0.1) is 0 Å². The molecular weight excluding hydrogens is 475 g/mol. The van der Waals surface area contributed by atoms with Crippen molar-refractivity contribution in [1.82, 2.24) is 15.5 Å². The smallest absolute Gasteiger partial charge is 0.242 e. The third-order valence-electron chi connectivity index (χ3n) is 4.99. The van der Waals surface area contributed by atoms with Crippen LogP contribution in [0.15, 0.2) is 65.7 Å². The third kappa shape index (κ3) is 7.68. The van der Waals surface area contributed by atoms with Gasteiger partial charge in [0.25, 0.3) is 0 Å². The molecule has 1 amide bonds. The Kier molecular flexibility index (Phi) is 9.97. The van der Waals surface area contributed by atoms with Crippen molar-refractivity contribution in [2.24, 2.45) is 10.9 Å². The summed E-state index contributed by atoms with van der Waals surface area (Å²) in [5, 5.41) is 6.27. The highest BCUT2D eigenvalue weighted by Gasteiger charge is 2.25. The highest BCUT2D eigenvalue weighted by molar-refractivity contribution is 14.0. The summed E-state index contributed by atoms with van der Waals surface area (Å²) in [6.45, 7) is 5.50. The average molecular weight is 506 g/mol. The van der Waals surface area contributed by atoms with Crippen LogP contribution in [0.2, 0.25) is 0 Å². The van der Waals surface area contributed by atoms with Gasteiger partial charge in [0.15, 0.2) is 5.96 Å². The predicted octanol–water partition coefficient (Wildman–Crippen LogP) is 3.45. The largest absolute Gasteiger partial charge is 0.357 e. The van der Waals surface area contributed by atoms with Crippen LogP contribution in [0.25, 0.3) is 0 Å². The lowest BCUT2D eigenvalue weighted by atomic mass is 9.99. The summed E-state index contributed by atoms with van der Waals surface area (Å²) in [7, 11) is 0. The normalized spacial score (nSPS) is 16.2. The van der Waals surface area contributed by atoms with Crippen LogP contribution in [0.4, 0.5) is 0 Å². The second-order valence-corrected chi connectivity index (χ2v) is 7.22. The maximum Gasteiger partial charge on any atom is 0.242 e. The van der Waals surface area contributed by atoms with Crippen molar-refractivity contribution in [1.29, 1.82) is 0 Å². The van der Waals surface area contributed by atoms with E-state index in [1.807, 2.05) is 30.3 Å². The van der Waals surface area contributed by atoms with E-state index < -0.39 is 0 Å². The molecule has 3 rings (SSSR count). The number of nitrogens with one attached hydrogen (secondary N) is 2. The van der Waals surface area contributed by atoms with Gasteiger partial charge in [-0.3, -0.25) is 4.79 Å². The summed E-state index contributed by atoms with van der Waals surface area (Å²) in [5.74, 6) is 1.41. The van der Waals surface area contributed by atoms with Gasteiger partial charge >= 0.3 is 0 Å². The molecule has 1 unspecified atom stereocenters. The molecule has 0 aliphatic carbocycles. The Balaban J connectivity index is 0.00000300. The molecule has 29 heavy (non-hydrogen) atoms. The Morgan fingerprint density at radius 3 is 2.34 bits per heavy atom. The molecule has 1 aliphatic rings. The van der Waals surface area contributed by atoms with Crippen LogP contribution in [0.3, 0.4) is 0 Å². The highest BCUT2D eigenvalue weighted by atomic mass is 127. The van der Waals surface area contributed by atoms with E-state index in [0.29, 0.717) is 12.5 Å². The Morgan fingerprint density at radius 1 is 1.03 bits per heavy atom. The molecule has 5 nitrogen and oxygen atoms in total. The van der Waals surface area contributed by atoms with E-state index in [1.165, 1.54) is 5.56 Å². The average Bonchev–Trinajstić information content (AvgIpc) is 3.19. The summed E-state index contributed by atoms with van der Waals surface area (Å²) < 4.78 is 0. The van der Waals surface area contributed by atoms with E-state index in [-0.39, 0.29) is 36.4 Å². The van der Waals surface area contributed by atoms with Crippen LogP contribution in [0, 0.1) is 5.92 Å². The molecule has 1 atom stereocenters. The zero-order valence-electron chi connectivity index (χ0n) is 17.0. The zero-order chi connectivity index (χ0) is 19.6. The van der Waals surface area contributed by atoms with E-state index in [1.54, 1.807) is 0 Å². The summed E-state index contributed by atoms with van der Waals surface area (Å²) in [5.41, 5.74) is 2.48. The Bertz CT molecular complexity index is 767. The van der Waals surface area contributed by atoms with Gasteiger partial charge in [-0.15, -0.1) is 24.0 Å². The molecule has 2 N–H and O–H groups in total. The number of nitrogens with zero attached hydrogens (tertiary/aromatic N) is 2. The molecule has 0 radical (unpaired) electrons. The fraction of sp³-hybridized carbons (Fsp3) is 0.391. The van der Waals surface area contributed by atoms with Gasteiger partial charge in [0.1, 0.15) is 6.54 Å². The van der Waals surface area contributed by atoms with Crippen LogP contribution in [-0.2, 0) is 17.8 Å². The lowest BCUT2D eigenvalue weighted by Gasteiger charge is -2.21. The summed E-state index contributed by atoms with van der Waals surface area (Å²) in [4.78, 5) is 19.0. The molecular formula is C23H31IN4O. The number of carbonyl (C=O) groups excluding carboxylic acids is 1. The number of guanidine groups is 1. The highest BCUT2D eigenvalue weighted by Crippen LogP contribution is 2.20. The first kappa shape index (κ1) is 23.2.